The summed E-state index contributed by atoms with van der Waals surface area (Å²) in [4.78, 5) is 0. The van der Waals surface area contributed by atoms with Crippen LogP contribution in [0.2, 0.25) is 0 Å². The van der Waals surface area contributed by atoms with Crippen LogP contribution in [0.15, 0.2) is 12.1 Å². The summed E-state index contributed by atoms with van der Waals surface area (Å²) in [5.41, 5.74) is 0.792. The zero-order chi connectivity index (χ0) is 13.8. The van der Waals surface area contributed by atoms with Gasteiger partial charge in [-0.15, -0.1) is 0 Å². The smallest absolute Gasteiger partial charge is 0.163 e. The van der Waals surface area contributed by atoms with E-state index in [9.17, 15) is 8.78 Å². The van der Waals surface area contributed by atoms with Crippen LogP contribution < -0.4 is 5.32 Å². The first-order valence-electron chi connectivity index (χ1n) is 6.90. The number of halogens is 2. The average Bonchev–Trinajstić information content (AvgIpc) is 2.44. The van der Waals surface area contributed by atoms with Crippen LogP contribution in [0.5, 0.6) is 0 Å². The molecule has 0 aromatic heterocycles. The number of benzene rings is 1. The Kier molecular flexibility index (Phi) is 4.88. The molecular weight excluding hydrogens is 248 g/mol. The Morgan fingerprint density at radius 1 is 1.26 bits per heavy atom. The fraction of sp³-hybridized carbons (Fsp3) is 0.600. The molecule has 1 atom stereocenters. The summed E-state index contributed by atoms with van der Waals surface area (Å²) in [6.45, 7) is 5.69. The molecule has 106 valence electrons. The lowest BCUT2D eigenvalue weighted by Gasteiger charge is -2.31. The third-order valence-corrected chi connectivity index (χ3v) is 3.80. The molecule has 1 aromatic rings. The fourth-order valence-electron chi connectivity index (χ4n) is 2.70. The first-order chi connectivity index (χ1) is 9.15. The molecule has 0 spiro atoms. The average molecular weight is 269 g/mol. The van der Waals surface area contributed by atoms with E-state index in [1.54, 1.807) is 19.1 Å². The first-order valence-corrected chi connectivity index (χ1v) is 6.90. The second kappa shape index (κ2) is 6.44. The summed E-state index contributed by atoms with van der Waals surface area (Å²) in [6, 6.07) is 3.22. The summed E-state index contributed by atoms with van der Waals surface area (Å²) in [7, 11) is 0. The second-order valence-electron chi connectivity index (χ2n) is 5.08. The van der Waals surface area contributed by atoms with Gasteiger partial charge < -0.3 is 10.1 Å². The molecule has 1 fully saturated rings. The van der Waals surface area contributed by atoms with Crippen LogP contribution >= 0.6 is 0 Å². The van der Waals surface area contributed by atoms with E-state index in [0.717, 1.165) is 19.4 Å². The number of hydrogen-bond acceptors (Lipinski definition) is 2. The van der Waals surface area contributed by atoms with Crippen molar-refractivity contribution in [3.63, 3.8) is 0 Å². The Morgan fingerprint density at radius 2 is 1.95 bits per heavy atom. The van der Waals surface area contributed by atoms with Gasteiger partial charge in [0.25, 0.3) is 0 Å². The van der Waals surface area contributed by atoms with Crippen LogP contribution in [-0.4, -0.2) is 19.8 Å². The number of ether oxygens (including phenoxy) is 1. The third-order valence-electron chi connectivity index (χ3n) is 3.80. The lowest BCUT2D eigenvalue weighted by molar-refractivity contribution is 0.0532. The van der Waals surface area contributed by atoms with Gasteiger partial charge in [0.05, 0.1) is 0 Å². The summed E-state index contributed by atoms with van der Waals surface area (Å²) in [5.74, 6) is -1.14. The molecule has 0 aliphatic carbocycles. The van der Waals surface area contributed by atoms with Gasteiger partial charge in [-0.3, -0.25) is 0 Å². The van der Waals surface area contributed by atoms with Crippen molar-refractivity contribution in [1.82, 2.24) is 5.32 Å². The van der Waals surface area contributed by atoms with Crippen molar-refractivity contribution >= 4 is 0 Å². The molecule has 0 saturated carbocycles. The van der Waals surface area contributed by atoms with E-state index in [4.69, 9.17) is 4.74 Å². The Balaban J connectivity index is 2.30. The van der Waals surface area contributed by atoms with Gasteiger partial charge in [-0.1, -0.05) is 19.1 Å². The molecule has 1 saturated heterocycles. The van der Waals surface area contributed by atoms with Gasteiger partial charge in [0.2, 0.25) is 0 Å². The Hall–Kier alpha value is -1.00. The lowest BCUT2D eigenvalue weighted by atomic mass is 9.86. The molecule has 2 nitrogen and oxygen atoms in total. The van der Waals surface area contributed by atoms with Crippen molar-refractivity contribution < 1.29 is 13.5 Å². The first kappa shape index (κ1) is 14.4. The van der Waals surface area contributed by atoms with E-state index in [0.29, 0.717) is 30.3 Å². The molecule has 2 rings (SSSR count). The van der Waals surface area contributed by atoms with Crippen molar-refractivity contribution in [2.24, 2.45) is 5.92 Å². The highest BCUT2D eigenvalue weighted by atomic mass is 19.2. The van der Waals surface area contributed by atoms with E-state index < -0.39 is 11.6 Å². The Bertz CT molecular complexity index is 430. The summed E-state index contributed by atoms with van der Waals surface area (Å²) in [6.07, 6.45) is 1.76. The molecule has 1 N–H and O–H groups in total. The molecule has 1 aliphatic rings. The molecule has 1 aromatic carbocycles. The van der Waals surface area contributed by atoms with E-state index in [2.05, 4.69) is 5.32 Å². The molecule has 4 heteroatoms. The molecule has 0 amide bonds. The van der Waals surface area contributed by atoms with E-state index >= 15 is 0 Å². The normalized spacial score (nSPS) is 18.5. The number of aryl methyl sites for hydroxylation is 1. The van der Waals surface area contributed by atoms with Crippen molar-refractivity contribution in [2.75, 3.05) is 19.8 Å². The highest BCUT2D eigenvalue weighted by Gasteiger charge is 2.28. The highest BCUT2D eigenvalue weighted by Crippen LogP contribution is 2.32. The van der Waals surface area contributed by atoms with Gasteiger partial charge >= 0.3 is 0 Å². The monoisotopic (exact) mass is 269 g/mol. The Morgan fingerprint density at radius 3 is 2.58 bits per heavy atom. The fourth-order valence-corrected chi connectivity index (χ4v) is 2.70. The standard InChI is InChI=1S/C15H21F2NO/c1-3-18-15(11-6-8-19-9-7-11)12-5-4-10(2)13(16)14(12)17/h4-5,11,15,18H,3,6-9H2,1-2H3. The van der Waals surface area contributed by atoms with Gasteiger partial charge in [-0.25, -0.2) is 8.78 Å². The third kappa shape index (κ3) is 3.12. The zero-order valence-electron chi connectivity index (χ0n) is 11.5. The van der Waals surface area contributed by atoms with Gasteiger partial charge in [0.15, 0.2) is 11.6 Å². The molecule has 1 unspecified atom stereocenters. The molecule has 1 aliphatic heterocycles. The number of rotatable bonds is 4. The lowest BCUT2D eigenvalue weighted by Crippen LogP contribution is -2.33. The number of nitrogens with one attached hydrogen (secondary N) is 1. The van der Waals surface area contributed by atoms with Gasteiger partial charge in [0.1, 0.15) is 0 Å². The second-order valence-corrected chi connectivity index (χ2v) is 5.08. The molecule has 19 heavy (non-hydrogen) atoms. The summed E-state index contributed by atoms with van der Waals surface area (Å²) < 4.78 is 33.2. The molecule has 1 heterocycles. The molecule has 0 bridgehead atoms. The van der Waals surface area contributed by atoms with E-state index in [1.165, 1.54) is 0 Å². The van der Waals surface area contributed by atoms with Crippen LogP contribution in [0.4, 0.5) is 8.78 Å². The minimum atomic E-state index is -0.729. The van der Waals surface area contributed by atoms with Crippen LogP contribution in [0.3, 0.4) is 0 Å². The van der Waals surface area contributed by atoms with Gasteiger partial charge in [-0.2, -0.15) is 0 Å². The van der Waals surface area contributed by atoms with Crippen LogP contribution in [0, 0.1) is 24.5 Å². The maximum Gasteiger partial charge on any atom is 0.163 e. The highest BCUT2D eigenvalue weighted by molar-refractivity contribution is 5.28. The Labute approximate surface area is 113 Å². The summed E-state index contributed by atoms with van der Waals surface area (Å²) >= 11 is 0. The zero-order valence-corrected chi connectivity index (χ0v) is 11.5. The number of hydrogen-bond donors (Lipinski definition) is 1. The maximum absolute atomic E-state index is 14.1. The maximum atomic E-state index is 14.1. The van der Waals surface area contributed by atoms with Gasteiger partial charge in [-0.05, 0) is 37.8 Å². The SMILES string of the molecule is CCNC(c1ccc(C)c(F)c1F)C1CCOCC1. The van der Waals surface area contributed by atoms with E-state index in [-0.39, 0.29) is 6.04 Å². The molecule has 0 radical (unpaired) electrons. The predicted molar refractivity (Wildman–Crippen MR) is 71.1 cm³/mol. The van der Waals surface area contributed by atoms with Crippen molar-refractivity contribution in [3.8, 4) is 0 Å². The van der Waals surface area contributed by atoms with Crippen LogP contribution in [-0.2, 0) is 4.74 Å². The predicted octanol–water partition coefficient (Wildman–Crippen LogP) is 3.35. The van der Waals surface area contributed by atoms with Crippen LogP contribution in [0.1, 0.15) is 36.9 Å². The minimum absolute atomic E-state index is 0.135. The van der Waals surface area contributed by atoms with Crippen molar-refractivity contribution in [3.05, 3.63) is 34.9 Å². The quantitative estimate of drug-likeness (QED) is 0.905. The van der Waals surface area contributed by atoms with Gasteiger partial charge in [0, 0.05) is 24.8 Å². The van der Waals surface area contributed by atoms with Crippen molar-refractivity contribution in [1.29, 1.82) is 0 Å². The molecular formula is C15H21F2NO. The largest absolute Gasteiger partial charge is 0.381 e. The van der Waals surface area contributed by atoms with E-state index in [1.807, 2.05) is 6.92 Å². The summed E-state index contributed by atoms with van der Waals surface area (Å²) in [5, 5.41) is 3.29. The van der Waals surface area contributed by atoms with Crippen LogP contribution in [0.25, 0.3) is 0 Å². The minimum Gasteiger partial charge on any atom is -0.381 e. The van der Waals surface area contributed by atoms with Crippen molar-refractivity contribution in [2.45, 2.75) is 32.7 Å². The topological polar surface area (TPSA) is 21.3 Å².